The Morgan fingerprint density at radius 2 is 1.80 bits per heavy atom. The van der Waals surface area contributed by atoms with Crippen LogP contribution in [0.1, 0.15) is 78.1 Å². The van der Waals surface area contributed by atoms with Gasteiger partial charge in [-0.3, -0.25) is 4.90 Å². The van der Waals surface area contributed by atoms with Gasteiger partial charge in [-0.05, 0) is 44.6 Å². The highest BCUT2D eigenvalue weighted by Crippen LogP contribution is 2.37. The maximum atomic E-state index is 9.54. The van der Waals surface area contributed by atoms with Gasteiger partial charge in [-0.15, -0.1) is 0 Å². The van der Waals surface area contributed by atoms with Crippen LogP contribution < -0.4 is 0 Å². The fourth-order valence-electron chi connectivity index (χ4n) is 4.60. The van der Waals surface area contributed by atoms with Crippen LogP contribution in [0.5, 0.6) is 0 Å². The molecule has 0 aliphatic heterocycles. The predicted molar refractivity (Wildman–Crippen MR) is 84.4 cm³/mol. The van der Waals surface area contributed by atoms with Crippen LogP contribution in [0, 0.1) is 23.2 Å². The Kier molecular flexibility index (Phi) is 6.36. The van der Waals surface area contributed by atoms with Crippen LogP contribution in [0.2, 0.25) is 0 Å². The molecule has 0 N–H and O–H groups in total. The molecule has 0 bridgehead atoms. The van der Waals surface area contributed by atoms with Gasteiger partial charge in [0.05, 0.1) is 12.0 Å². The van der Waals surface area contributed by atoms with Gasteiger partial charge in [-0.1, -0.05) is 46.0 Å². The zero-order chi connectivity index (χ0) is 14.4. The summed E-state index contributed by atoms with van der Waals surface area (Å²) in [6.07, 6.45) is 13.3. The highest BCUT2D eigenvalue weighted by molar-refractivity contribution is 4.99. The van der Waals surface area contributed by atoms with Crippen LogP contribution in [0.4, 0.5) is 0 Å². The molecule has 20 heavy (non-hydrogen) atoms. The molecule has 2 heteroatoms. The molecule has 2 nitrogen and oxygen atoms in total. The van der Waals surface area contributed by atoms with Gasteiger partial charge in [0, 0.05) is 12.1 Å². The third-order valence-electron chi connectivity index (χ3n) is 5.62. The average Bonchev–Trinajstić information content (AvgIpc) is 2.50. The normalized spacial score (nSPS) is 32.2. The molecular formula is C18H32N2. The molecule has 2 rings (SSSR count). The van der Waals surface area contributed by atoms with E-state index >= 15 is 0 Å². The summed E-state index contributed by atoms with van der Waals surface area (Å²) < 4.78 is 0. The lowest BCUT2D eigenvalue weighted by Gasteiger charge is -2.45. The molecule has 2 aliphatic carbocycles. The van der Waals surface area contributed by atoms with E-state index in [0.717, 1.165) is 24.9 Å². The third-order valence-corrected chi connectivity index (χ3v) is 5.62. The molecule has 0 amide bonds. The number of rotatable bonds is 5. The van der Waals surface area contributed by atoms with Crippen LogP contribution in [-0.2, 0) is 0 Å². The maximum Gasteiger partial charge on any atom is 0.0672 e. The minimum absolute atomic E-state index is 0.282. The van der Waals surface area contributed by atoms with Gasteiger partial charge < -0.3 is 0 Å². The number of hydrogen-bond acceptors (Lipinski definition) is 2. The zero-order valence-electron chi connectivity index (χ0n) is 13.5. The largest absolute Gasteiger partial charge is 0.296 e. The predicted octanol–water partition coefficient (Wildman–Crippen LogP) is 4.75. The van der Waals surface area contributed by atoms with Gasteiger partial charge in [-0.2, -0.15) is 5.26 Å². The number of nitriles is 1. The molecule has 0 aromatic rings. The van der Waals surface area contributed by atoms with Gasteiger partial charge in [0.25, 0.3) is 0 Å². The summed E-state index contributed by atoms with van der Waals surface area (Å²) in [4.78, 5) is 2.72. The topological polar surface area (TPSA) is 27.0 Å². The van der Waals surface area contributed by atoms with Gasteiger partial charge in [0.15, 0.2) is 0 Å². The standard InChI is InChI=1S/C18H32N2/c1-3-8-15-11-12-16(14-19)18(13-15)20(4-2)17-9-6-5-7-10-17/h15-18H,3-13H2,1-2H3. The summed E-state index contributed by atoms with van der Waals surface area (Å²) in [6, 6.07) is 3.93. The van der Waals surface area contributed by atoms with Crippen molar-refractivity contribution in [3.05, 3.63) is 0 Å². The van der Waals surface area contributed by atoms with Crippen molar-refractivity contribution in [3.8, 4) is 6.07 Å². The van der Waals surface area contributed by atoms with Gasteiger partial charge in [-0.25, -0.2) is 0 Å². The molecule has 0 saturated heterocycles. The highest BCUT2D eigenvalue weighted by Gasteiger charge is 2.36. The Labute approximate surface area is 125 Å². The second kappa shape index (κ2) is 8.03. The molecule has 3 atom stereocenters. The van der Waals surface area contributed by atoms with Crippen molar-refractivity contribution in [2.45, 2.75) is 90.1 Å². The zero-order valence-corrected chi connectivity index (χ0v) is 13.5. The lowest BCUT2D eigenvalue weighted by atomic mass is 9.75. The molecule has 2 saturated carbocycles. The van der Waals surface area contributed by atoms with Crippen molar-refractivity contribution < 1.29 is 0 Å². The van der Waals surface area contributed by atoms with Crippen LogP contribution in [0.15, 0.2) is 0 Å². The van der Waals surface area contributed by atoms with Crippen molar-refractivity contribution in [2.24, 2.45) is 11.8 Å². The van der Waals surface area contributed by atoms with Gasteiger partial charge in [0.1, 0.15) is 0 Å². The van der Waals surface area contributed by atoms with E-state index in [2.05, 4.69) is 24.8 Å². The quantitative estimate of drug-likeness (QED) is 0.724. The maximum absolute atomic E-state index is 9.54. The van der Waals surface area contributed by atoms with Crippen molar-refractivity contribution in [2.75, 3.05) is 6.54 Å². The van der Waals surface area contributed by atoms with Crippen molar-refractivity contribution in [3.63, 3.8) is 0 Å². The molecular weight excluding hydrogens is 244 g/mol. The molecule has 2 fully saturated rings. The van der Waals surface area contributed by atoms with E-state index in [-0.39, 0.29) is 5.92 Å². The van der Waals surface area contributed by atoms with E-state index in [1.807, 2.05) is 0 Å². The summed E-state index contributed by atoms with van der Waals surface area (Å²) in [5, 5.41) is 9.54. The first kappa shape index (κ1) is 15.8. The molecule has 3 unspecified atom stereocenters. The minimum atomic E-state index is 0.282. The Morgan fingerprint density at radius 1 is 1.05 bits per heavy atom. The molecule has 0 heterocycles. The van der Waals surface area contributed by atoms with E-state index < -0.39 is 0 Å². The van der Waals surface area contributed by atoms with E-state index in [1.165, 1.54) is 57.8 Å². The fourth-order valence-corrected chi connectivity index (χ4v) is 4.60. The Bertz CT molecular complexity index is 314. The van der Waals surface area contributed by atoms with E-state index in [0.29, 0.717) is 6.04 Å². The van der Waals surface area contributed by atoms with Crippen LogP contribution in [0.3, 0.4) is 0 Å². The van der Waals surface area contributed by atoms with Gasteiger partial charge >= 0.3 is 0 Å². The molecule has 0 aromatic heterocycles. The fraction of sp³-hybridized carbons (Fsp3) is 0.944. The molecule has 0 aromatic carbocycles. The molecule has 114 valence electrons. The first-order valence-corrected chi connectivity index (χ1v) is 8.95. The van der Waals surface area contributed by atoms with E-state index in [4.69, 9.17) is 0 Å². The monoisotopic (exact) mass is 276 g/mol. The Morgan fingerprint density at radius 3 is 2.40 bits per heavy atom. The van der Waals surface area contributed by atoms with Crippen LogP contribution in [-0.4, -0.2) is 23.5 Å². The Hall–Kier alpha value is -0.550. The molecule has 0 radical (unpaired) electrons. The number of nitrogens with zero attached hydrogens (tertiary/aromatic N) is 2. The molecule has 0 spiro atoms. The van der Waals surface area contributed by atoms with Crippen LogP contribution in [0.25, 0.3) is 0 Å². The van der Waals surface area contributed by atoms with Crippen molar-refractivity contribution in [1.29, 1.82) is 5.26 Å². The average molecular weight is 276 g/mol. The molecule has 2 aliphatic rings. The summed E-state index contributed by atoms with van der Waals surface area (Å²) in [7, 11) is 0. The first-order valence-electron chi connectivity index (χ1n) is 8.95. The lowest BCUT2D eigenvalue weighted by molar-refractivity contribution is 0.0488. The second-order valence-corrected chi connectivity index (χ2v) is 6.89. The smallest absolute Gasteiger partial charge is 0.0672 e. The second-order valence-electron chi connectivity index (χ2n) is 6.89. The minimum Gasteiger partial charge on any atom is -0.296 e. The van der Waals surface area contributed by atoms with Crippen molar-refractivity contribution >= 4 is 0 Å². The van der Waals surface area contributed by atoms with E-state index in [9.17, 15) is 5.26 Å². The number of hydrogen-bond donors (Lipinski definition) is 0. The van der Waals surface area contributed by atoms with E-state index in [1.54, 1.807) is 0 Å². The summed E-state index contributed by atoms with van der Waals surface area (Å²) in [5.41, 5.74) is 0. The lowest BCUT2D eigenvalue weighted by Crippen LogP contribution is -2.49. The summed E-state index contributed by atoms with van der Waals surface area (Å²) in [5.74, 6) is 1.15. The summed E-state index contributed by atoms with van der Waals surface area (Å²) >= 11 is 0. The first-order chi connectivity index (χ1) is 9.80. The Balaban J connectivity index is 2.04. The van der Waals surface area contributed by atoms with Crippen LogP contribution >= 0.6 is 0 Å². The van der Waals surface area contributed by atoms with Crippen molar-refractivity contribution in [1.82, 2.24) is 4.90 Å². The third kappa shape index (κ3) is 3.76. The SMILES string of the molecule is CCCC1CCC(C#N)C(N(CC)C2CCCCC2)C1. The summed E-state index contributed by atoms with van der Waals surface area (Å²) in [6.45, 7) is 5.73. The highest BCUT2D eigenvalue weighted by atomic mass is 15.2. The van der Waals surface area contributed by atoms with Gasteiger partial charge in [0.2, 0.25) is 0 Å².